The molecule has 2 aliphatic carbocycles. The van der Waals surface area contributed by atoms with E-state index < -0.39 is 11.7 Å². The molecule has 150 valence electrons. The third kappa shape index (κ3) is 5.07. The van der Waals surface area contributed by atoms with Gasteiger partial charge in [-0.3, -0.25) is 0 Å². The molecule has 2 saturated carbocycles. The van der Waals surface area contributed by atoms with Crippen molar-refractivity contribution in [2.24, 2.45) is 17.8 Å². The van der Waals surface area contributed by atoms with Crippen LogP contribution in [0.5, 0.6) is 0 Å². The second kappa shape index (κ2) is 8.99. The minimum atomic E-state index is -4.27. The number of benzene rings is 1. The number of nitrogens with zero attached hydrogens (tertiary/aromatic N) is 1. The van der Waals surface area contributed by atoms with Crippen LogP contribution in [0.15, 0.2) is 48.6 Å². The summed E-state index contributed by atoms with van der Waals surface area (Å²) in [7, 11) is 0. The fraction of sp³-hybridized carbons (Fsp3) is 0.542. The fourth-order valence-electron chi connectivity index (χ4n) is 4.94. The van der Waals surface area contributed by atoms with E-state index in [-0.39, 0.29) is 0 Å². The van der Waals surface area contributed by atoms with Gasteiger partial charge in [-0.2, -0.15) is 18.4 Å². The van der Waals surface area contributed by atoms with Gasteiger partial charge in [-0.05, 0) is 92.7 Å². The summed E-state index contributed by atoms with van der Waals surface area (Å²) in [6, 6.07) is 7.79. The van der Waals surface area contributed by atoms with E-state index in [0.29, 0.717) is 23.7 Å². The van der Waals surface area contributed by atoms with Gasteiger partial charge in [0, 0.05) is 6.08 Å². The van der Waals surface area contributed by atoms with Crippen molar-refractivity contribution in [3.8, 4) is 6.07 Å². The van der Waals surface area contributed by atoms with E-state index >= 15 is 0 Å². The number of alkyl halides is 3. The summed E-state index contributed by atoms with van der Waals surface area (Å²) in [4.78, 5) is 0. The second-order valence-corrected chi connectivity index (χ2v) is 8.34. The molecule has 2 fully saturated rings. The molecule has 0 N–H and O–H groups in total. The Hall–Kier alpha value is -2.02. The zero-order chi connectivity index (χ0) is 20.1. The molecule has 0 heterocycles. The molecule has 0 saturated heterocycles. The Morgan fingerprint density at radius 1 is 0.929 bits per heavy atom. The highest BCUT2D eigenvalue weighted by Crippen LogP contribution is 2.44. The topological polar surface area (TPSA) is 23.8 Å². The molecule has 1 aromatic rings. The maximum atomic E-state index is 12.7. The monoisotopic (exact) mass is 387 g/mol. The molecule has 2 aliphatic rings. The van der Waals surface area contributed by atoms with Crippen LogP contribution in [0.25, 0.3) is 0 Å². The highest BCUT2D eigenvalue weighted by Gasteiger charge is 2.32. The molecule has 1 nitrogen and oxygen atoms in total. The van der Waals surface area contributed by atoms with Crippen molar-refractivity contribution in [3.63, 3.8) is 0 Å². The molecule has 0 amide bonds. The summed E-state index contributed by atoms with van der Waals surface area (Å²) >= 11 is 0. The average Bonchev–Trinajstić information content (AvgIpc) is 2.72. The van der Waals surface area contributed by atoms with Crippen LogP contribution in [-0.4, -0.2) is 0 Å². The van der Waals surface area contributed by atoms with Gasteiger partial charge in [-0.1, -0.05) is 30.4 Å². The number of nitriles is 1. The van der Waals surface area contributed by atoms with Gasteiger partial charge in [0.2, 0.25) is 0 Å². The van der Waals surface area contributed by atoms with E-state index in [1.54, 1.807) is 18.2 Å². The zero-order valence-corrected chi connectivity index (χ0v) is 16.2. The minimum Gasteiger partial charge on any atom is -0.193 e. The number of rotatable bonds is 4. The Morgan fingerprint density at radius 3 is 1.96 bits per heavy atom. The van der Waals surface area contributed by atoms with Crippen LogP contribution in [0.4, 0.5) is 13.2 Å². The molecule has 0 aromatic heterocycles. The first-order valence-electron chi connectivity index (χ1n) is 10.3. The standard InChI is InChI=1S/C24H28F3N/c1-17(19-6-4-18(5-7-19)3-2-16-28)20-8-10-21(11-9-20)22-12-14-23(15-13-22)24(25,26)27/h2-3,12-15,18-21H,1,4-11H2. The molecule has 28 heavy (non-hydrogen) atoms. The molecule has 0 bridgehead atoms. The smallest absolute Gasteiger partial charge is 0.193 e. The Kier molecular flexibility index (Phi) is 6.65. The number of allylic oxidation sites excluding steroid dienone is 3. The summed E-state index contributed by atoms with van der Waals surface area (Å²) in [5.74, 6) is 2.01. The van der Waals surface area contributed by atoms with Gasteiger partial charge in [-0.25, -0.2) is 0 Å². The van der Waals surface area contributed by atoms with Gasteiger partial charge in [0.25, 0.3) is 0 Å². The molecule has 0 spiro atoms. The fourth-order valence-corrected chi connectivity index (χ4v) is 4.94. The maximum Gasteiger partial charge on any atom is 0.416 e. The Morgan fingerprint density at radius 2 is 1.46 bits per heavy atom. The summed E-state index contributed by atoms with van der Waals surface area (Å²) in [6.07, 6.45) is 8.14. The quantitative estimate of drug-likeness (QED) is 0.389. The summed E-state index contributed by atoms with van der Waals surface area (Å²) in [5, 5.41) is 8.66. The summed E-state index contributed by atoms with van der Waals surface area (Å²) < 4.78 is 38.2. The van der Waals surface area contributed by atoms with Gasteiger partial charge in [-0.15, -0.1) is 0 Å². The first kappa shape index (κ1) is 20.7. The zero-order valence-electron chi connectivity index (χ0n) is 16.2. The van der Waals surface area contributed by atoms with Crippen LogP contribution in [0, 0.1) is 29.1 Å². The Bertz CT molecular complexity index is 723. The largest absolute Gasteiger partial charge is 0.416 e. The van der Waals surface area contributed by atoms with Crippen LogP contribution in [0.1, 0.15) is 68.4 Å². The van der Waals surface area contributed by atoms with Crippen molar-refractivity contribution in [2.75, 3.05) is 0 Å². The SMILES string of the molecule is C=C(C1CCC(C=CC#N)CC1)C1CCC(c2ccc(C(F)(F)F)cc2)CC1. The molecular formula is C24H28F3N. The number of halogens is 3. The predicted molar refractivity (Wildman–Crippen MR) is 105 cm³/mol. The first-order valence-corrected chi connectivity index (χ1v) is 10.3. The van der Waals surface area contributed by atoms with Crippen molar-refractivity contribution in [1.29, 1.82) is 5.26 Å². The van der Waals surface area contributed by atoms with Crippen molar-refractivity contribution in [3.05, 3.63) is 59.7 Å². The number of hydrogen-bond acceptors (Lipinski definition) is 1. The lowest BCUT2D eigenvalue weighted by atomic mass is 9.70. The van der Waals surface area contributed by atoms with Crippen LogP contribution in [0.3, 0.4) is 0 Å². The molecular weight excluding hydrogens is 359 g/mol. The van der Waals surface area contributed by atoms with E-state index in [0.717, 1.165) is 56.9 Å². The van der Waals surface area contributed by atoms with Gasteiger partial charge in [0.05, 0.1) is 11.6 Å². The lowest BCUT2D eigenvalue weighted by Gasteiger charge is -2.36. The van der Waals surface area contributed by atoms with E-state index in [1.165, 1.54) is 17.7 Å². The van der Waals surface area contributed by atoms with E-state index in [4.69, 9.17) is 5.26 Å². The van der Waals surface area contributed by atoms with E-state index in [2.05, 4.69) is 12.6 Å². The molecule has 1 aromatic carbocycles. The van der Waals surface area contributed by atoms with E-state index in [9.17, 15) is 13.2 Å². The van der Waals surface area contributed by atoms with Crippen molar-refractivity contribution in [1.82, 2.24) is 0 Å². The van der Waals surface area contributed by atoms with Gasteiger partial charge in [0.15, 0.2) is 0 Å². The number of hydrogen-bond donors (Lipinski definition) is 0. The first-order chi connectivity index (χ1) is 13.4. The minimum absolute atomic E-state index is 0.359. The third-order valence-corrected chi connectivity index (χ3v) is 6.70. The molecule has 0 radical (unpaired) electrons. The molecule has 0 atom stereocenters. The lowest BCUT2D eigenvalue weighted by molar-refractivity contribution is -0.137. The Balaban J connectivity index is 1.49. The molecule has 0 unspecified atom stereocenters. The highest BCUT2D eigenvalue weighted by molar-refractivity contribution is 5.27. The van der Waals surface area contributed by atoms with Crippen molar-refractivity contribution >= 4 is 0 Å². The Labute approximate surface area is 165 Å². The average molecular weight is 387 g/mol. The normalized spacial score (nSPS) is 28.8. The van der Waals surface area contributed by atoms with Crippen LogP contribution in [-0.2, 0) is 6.18 Å². The van der Waals surface area contributed by atoms with Gasteiger partial charge < -0.3 is 0 Å². The maximum absolute atomic E-state index is 12.7. The van der Waals surface area contributed by atoms with Crippen molar-refractivity contribution in [2.45, 2.75) is 63.5 Å². The lowest BCUT2D eigenvalue weighted by Crippen LogP contribution is -2.22. The van der Waals surface area contributed by atoms with Crippen LogP contribution >= 0.6 is 0 Å². The molecule has 0 aliphatic heterocycles. The highest BCUT2D eigenvalue weighted by atomic mass is 19.4. The summed E-state index contributed by atoms with van der Waals surface area (Å²) in [5.41, 5.74) is 1.84. The van der Waals surface area contributed by atoms with Gasteiger partial charge >= 0.3 is 6.18 Å². The second-order valence-electron chi connectivity index (χ2n) is 8.34. The van der Waals surface area contributed by atoms with Crippen LogP contribution < -0.4 is 0 Å². The third-order valence-electron chi connectivity index (χ3n) is 6.70. The van der Waals surface area contributed by atoms with E-state index in [1.807, 2.05) is 6.08 Å². The molecule has 4 heteroatoms. The summed E-state index contributed by atoms with van der Waals surface area (Å²) in [6.45, 7) is 4.43. The predicted octanol–water partition coefficient (Wildman–Crippen LogP) is 7.42. The van der Waals surface area contributed by atoms with Crippen molar-refractivity contribution < 1.29 is 13.2 Å². The van der Waals surface area contributed by atoms with Gasteiger partial charge in [0.1, 0.15) is 0 Å². The van der Waals surface area contributed by atoms with Crippen LogP contribution in [0.2, 0.25) is 0 Å². The molecule has 3 rings (SSSR count).